The summed E-state index contributed by atoms with van der Waals surface area (Å²) >= 11 is 0. The van der Waals surface area contributed by atoms with Gasteiger partial charge >= 0.3 is 0 Å². The maximum Gasteiger partial charge on any atom is 0.0941 e. The zero-order valence-corrected chi connectivity index (χ0v) is 6.10. The van der Waals surface area contributed by atoms with Crippen molar-refractivity contribution in [2.24, 2.45) is 0 Å². The fraction of sp³-hybridized carbons (Fsp3) is 0.333. The number of rotatable bonds is 1. The Balaban J connectivity index is 2.23. The predicted octanol–water partition coefficient (Wildman–Crippen LogP) is 1.68. The zero-order valence-electron chi connectivity index (χ0n) is 6.10. The fourth-order valence-corrected chi connectivity index (χ4v) is 1.44. The molecule has 58 valence electrons. The first-order valence-electron chi connectivity index (χ1n) is 3.75. The summed E-state index contributed by atoms with van der Waals surface area (Å²) in [6.45, 7) is 0. The Labute approximate surface area is 65.1 Å². The molecule has 2 nitrogen and oxygen atoms in total. The molecule has 1 aliphatic rings. The van der Waals surface area contributed by atoms with Crippen LogP contribution in [-0.4, -0.2) is 11.2 Å². The largest absolute Gasteiger partial charge is 0.472 e. The van der Waals surface area contributed by atoms with E-state index >= 15 is 0 Å². The molecule has 0 bridgehead atoms. The van der Waals surface area contributed by atoms with Gasteiger partial charge in [0, 0.05) is 5.92 Å². The van der Waals surface area contributed by atoms with Gasteiger partial charge in [-0.2, -0.15) is 0 Å². The van der Waals surface area contributed by atoms with Crippen LogP contribution in [0.4, 0.5) is 0 Å². The van der Waals surface area contributed by atoms with Crippen LogP contribution in [0.3, 0.4) is 0 Å². The van der Waals surface area contributed by atoms with Gasteiger partial charge in [0.25, 0.3) is 0 Å². The summed E-state index contributed by atoms with van der Waals surface area (Å²) in [5.41, 5.74) is 1.06. The van der Waals surface area contributed by atoms with Crippen molar-refractivity contribution in [2.45, 2.75) is 18.4 Å². The van der Waals surface area contributed by atoms with Crippen molar-refractivity contribution in [3.05, 3.63) is 36.3 Å². The maximum atomic E-state index is 9.46. The predicted molar refractivity (Wildman–Crippen MR) is 41.2 cm³/mol. The smallest absolute Gasteiger partial charge is 0.0941 e. The molecule has 11 heavy (non-hydrogen) atoms. The quantitative estimate of drug-likeness (QED) is 0.618. The van der Waals surface area contributed by atoms with Crippen molar-refractivity contribution in [1.29, 1.82) is 0 Å². The summed E-state index contributed by atoms with van der Waals surface area (Å²) in [6, 6.07) is 1.89. The molecular weight excluding hydrogens is 140 g/mol. The van der Waals surface area contributed by atoms with Crippen molar-refractivity contribution >= 4 is 0 Å². The van der Waals surface area contributed by atoms with Gasteiger partial charge in [0.15, 0.2) is 0 Å². The lowest BCUT2D eigenvalue weighted by Gasteiger charge is -2.10. The molecule has 0 fully saturated rings. The van der Waals surface area contributed by atoms with Gasteiger partial charge in [0.1, 0.15) is 0 Å². The third-order valence-electron chi connectivity index (χ3n) is 2.06. The lowest BCUT2D eigenvalue weighted by molar-refractivity contribution is 0.171. The third-order valence-corrected chi connectivity index (χ3v) is 2.06. The summed E-state index contributed by atoms with van der Waals surface area (Å²) < 4.78 is 4.93. The first-order valence-corrected chi connectivity index (χ1v) is 3.75. The van der Waals surface area contributed by atoms with Crippen LogP contribution in [0.2, 0.25) is 0 Å². The highest BCUT2D eigenvalue weighted by Crippen LogP contribution is 2.28. The molecule has 0 saturated heterocycles. The lowest BCUT2D eigenvalue weighted by Crippen LogP contribution is -2.10. The van der Waals surface area contributed by atoms with Crippen molar-refractivity contribution in [3.8, 4) is 0 Å². The van der Waals surface area contributed by atoms with E-state index in [1.165, 1.54) is 0 Å². The molecule has 1 aromatic rings. The highest BCUT2D eigenvalue weighted by atomic mass is 16.3. The van der Waals surface area contributed by atoms with E-state index < -0.39 is 0 Å². The number of hydrogen-bond acceptors (Lipinski definition) is 2. The van der Waals surface area contributed by atoms with Crippen LogP contribution < -0.4 is 0 Å². The molecule has 0 aliphatic heterocycles. The van der Waals surface area contributed by atoms with Crippen LogP contribution >= 0.6 is 0 Å². The molecule has 0 unspecified atom stereocenters. The van der Waals surface area contributed by atoms with Crippen LogP contribution in [0.5, 0.6) is 0 Å². The molecule has 0 radical (unpaired) electrons. The van der Waals surface area contributed by atoms with Crippen LogP contribution in [0, 0.1) is 0 Å². The van der Waals surface area contributed by atoms with Crippen LogP contribution in [0.1, 0.15) is 17.9 Å². The summed E-state index contributed by atoms with van der Waals surface area (Å²) in [5, 5.41) is 9.46. The molecule has 0 saturated carbocycles. The van der Waals surface area contributed by atoms with Crippen LogP contribution in [0.25, 0.3) is 0 Å². The van der Waals surface area contributed by atoms with E-state index in [1.807, 2.05) is 18.2 Å². The van der Waals surface area contributed by atoms with Gasteiger partial charge in [-0.05, 0) is 18.1 Å². The molecule has 2 rings (SSSR count). The van der Waals surface area contributed by atoms with E-state index in [2.05, 4.69) is 0 Å². The van der Waals surface area contributed by atoms with Crippen molar-refractivity contribution in [1.82, 2.24) is 0 Å². The van der Waals surface area contributed by atoms with Gasteiger partial charge < -0.3 is 9.52 Å². The average Bonchev–Trinajstić information content (AvgIpc) is 2.55. The van der Waals surface area contributed by atoms with E-state index in [-0.39, 0.29) is 12.0 Å². The Hall–Kier alpha value is -1.02. The Morgan fingerprint density at radius 1 is 1.55 bits per heavy atom. The minimum atomic E-state index is -0.257. The molecule has 0 spiro atoms. The van der Waals surface area contributed by atoms with Gasteiger partial charge in [-0.25, -0.2) is 0 Å². The lowest BCUT2D eigenvalue weighted by atomic mass is 10.00. The fourth-order valence-electron chi connectivity index (χ4n) is 1.44. The Morgan fingerprint density at radius 2 is 2.45 bits per heavy atom. The molecule has 0 aromatic carbocycles. The van der Waals surface area contributed by atoms with Gasteiger partial charge in [0.2, 0.25) is 0 Å². The van der Waals surface area contributed by atoms with Gasteiger partial charge in [0.05, 0.1) is 18.6 Å². The van der Waals surface area contributed by atoms with Crippen molar-refractivity contribution < 1.29 is 9.52 Å². The number of furan rings is 1. The summed E-state index contributed by atoms with van der Waals surface area (Å²) in [4.78, 5) is 0. The maximum absolute atomic E-state index is 9.46. The first-order chi connectivity index (χ1) is 5.38. The minimum Gasteiger partial charge on any atom is -0.472 e. The Kier molecular flexibility index (Phi) is 1.55. The summed E-state index contributed by atoms with van der Waals surface area (Å²) in [7, 11) is 0. The molecule has 0 amide bonds. The molecular formula is C9H10O2. The molecule has 1 N–H and O–H groups in total. The number of aliphatic hydroxyl groups is 1. The highest BCUT2D eigenvalue weighted by Gasteiger charge is 2.22. The molecule has 2 atom stereocenters. The Bertz CT molecular complexity index is 249. The monoisotopic (exact) mass is 150 g/mol. The third kappa shape index (κ3) is 1.10. The van der Waals surface area contributed by atoms with E-state index in [0.29, 0.717) is 0 Å². The van der Waals surface area contributed by atoms with Crippen LogP contribution in [-0.2, 0) is 0 Å². The summed E-state index contributed by atoms with van der Waals surface area (Å²) in [5.74, 6) is 0.147. The zero-order chi connectivity index (χ0) is 7.68. The van der Waals surface area contributed by atoms with E-state index in [9.17, 15) is 5.11 Å². The van der Waals surface area contributed by atoms with E-state index in [4.69, 9.17) is 4.42 Å². The van der Waals surface area contributed by atoms with E-state index in [0.717, 1.165) is 12.0 Å². The number of aliphatic hydroxyl groups excluding tert-OH is 1. The summed E-state index contributed by atoms with van der Waals surface area (Å²) in [6.07, 6.45) is 7.85. The van der Waals surface area contributed by atoms with Gasteiger partial charge in [-0.15, -0.1) is 0 Å². The van der Waals surface area contributed by atoms with Crippen molar-refractivity contribution in [2.75, 3.05) is 0 Å². The minimum absolute atomic E-state index is 0.147. The second-order valence-electron chi connectivity index (χ2n) is 2.81. The molecule has 1 aliphatic carbocycles. The standard InChI is InChI=1S/C9H10O2/c10-9-3-1-2-8(9)7-4-5-11-6-7/h1-2,4-6,8-10H,3H2/t8-,9+/m0/s1. The number of hydrogen-bond donors (Lipinski definition) is 1. The Morgan fingerprint density at radius 3 is 3.00 bits per heavy atom. The van der Waals surface area contributed by atoms with Crippen LogP contribution in [0.15, 0.2) is 35.2 Å². The van der Waals surface area contributed by atoms with Gasteiger partial charge in [-0.1, -0.05) is 12.2 Å². The van der Waals surface area contributed by atoms with E-state index in [1.54, 1.807) is 12.5 Å². The topological polar surface area (TPSA) is 33.4 Å². The molecule has 1 aromatic heterocycles. The second kappa shape index (κ2) is 2.55. The van der Waals surface area contributed by atoms with Gasteiger partial charge in [-0.3, -0.25) is 0 Å². The first kappa shape index (κ1) is 6.68. The van der Waals surface area contributed by atoms with Crippen molar-refractivity contribution in [3.63, 3.8) is 0 Å². The molecule has 1 heterocycles. The second-order valence-corrected chi connectivity index (χ2v) is 2.81. The highest BCUT2D eigenvalue weighted by molar-refractivity contribution is 5.24. The average molecular weight is 150 g/mol. The molecule has 2 heteroatoms. The SMILES string of the molecule is O[C@@H]1CC=C[C@H]1c1ccoc1. The normalized spacial score (nSPS) is 29.5.